The third-order valence-corrected chi connectivity index (χ3v) is 7.33. The molecule has 0 aliphatic rings. The smallest absolute Gasteiger partial charge is 0.242 e. The molecule has 2 amide bonds. The summed E-state index contributed by atoms with van der Waals surface area (Å²) in [6, 6.07) is 13.2. The number of sulfonamides is 1. The van der Waals surface area contributed by atoms with Crippen LogP contribution in [0.1, 0.15) is 45.6 Å². The van der Waals surface area contributed by atoms with Crippen LogP contribution in [0.4, 0.5) is 5.69 Å². The van der Waals surface area contributed by atoms with E-state index in [9.17, 15) is 18.0 Å². The maximum atomic E-state index is 13.3. The molecule has 198 valence electrons. The van der Waals surface area contributed by atoms with Crippen molar-refractivity contribution in [3.63, 3.8) is 0 Å². The quantitative estimate of drug-likeness (QED) is 0.412. The molecule has 2 aromatic carbocycles. The number of amides is 2. The topological polar surface area (TPSA) is 96.0 Å². The molecule has 1 N–H and O–H groups in total. The molecule has 2 aromatic rings. The van der Waals surface area contributed by atoms with Gasteiger partial charge in [0.05, 0.1) is 19.1 Å². The minimum atomic E-state index is -3.62. The Morgan fingerprint density at radius 1 is 1.11 bits per heavy atom. The molecule has 0 aromatic heterocycles. The minimum Gasteiger partial charge on any atom is -0.495 e. The van der Waals surface area contributed by atoms with Gasteiger partial charge in [0, 0.05) is 30.6 Å². The van der Waals surface area contributed by atoms with Crippen molar-refractivity contribution in [3.05, 3.63) is 59.1 Å². The predicted octanol–water partition coefficient (Wildman–Crippen LogP) is 4.23. The Kier molecular flexibility index (Phi) is 11.0. The lowest BCUT2D eigenvalue weighted by molar-refractivity contribution is -0.140. The number of hydrogen-bond acceptors (Lipinski definition) is 5. The summed E-state index contributed by atoms with van der Waals surface area (Å²) in [5, 5.41) is 3.47. The Hall–Kier alpha value is -2.78. The molecule has 0 aliphatic heterocycles. The zero-order valence-corrected chi connectivity index (χ0v) is 23.1. The molecule has 2 atom stereocenters. The summed E-state index contributed by atoms with van der Waals surface area (Å²) in [4.78, 5) is 27.7. The normalized spacial score (nSPS) is 12.9. The van der Waals surface area contributed by atoms with Crippen molar-refractivity contribution in [1.29, 1.82) is 0 Å². The number of ether oxygens (including phenoxy) is 1. The molecule has 0 spiro atoms. The Balaban J connectivity index is 2.20. The molecule has 0 saturated carbocycles. The second-order valence-corrected chi connectivity index (χ2v) is 11.1. The highest BCUT2D eigenvalue weighted by atomic mass is 35.5. The van der Waals surface area contributed by atoms with Crippen molar-refractivity contribution in [2.45, 2.75) is 58.7 Å². The Labute approximate surface area is 219 Å². The Morgan fingerprint density at radius 2 is 1.81 bits per heavy atom. The van der Waals surface area contributed by atoms with Gasteiger partial charge in [-0.15, -0.1) is 0 Å². The third kappa shape index (κ3) is 8.41. The molecule has 0 fully saturated rings. The van der Waals surface area contributed by atoms with Crippen LogP contribution in [0, 0.1) is 0 Å². The van der Waals surface area contributed by atoms with Crippen LogP contribution < -0.4 is 14.4 Å². The zero-order valence-electron chi connectivity index (χ0n) is 21.5. The van der Waals surface area contributed by atoms with Gasteiger partial charge in [0.2, 0.25) is 21.8 Å². The second-order valence-electron chi connectivity index (χ2n) is 8.76. The summed E-state index contributed by atoms with van der Waals surface area (Å²) in [6.07, 6.45) is 2.21. The first-order valence-corrected chi connectivity index (χ1v) is 14.2. The molecule has 2 rings (SSSR count). The third-order valence-electron chi connectivity index (χ3n) is 5.92. The van der Waals surface area contributed by atoms with E-state index in [1.165, 1.54) is 16.3 Å². The number of carbonyl (C=O) groups excluding carboxylic acids is 2. The first-order chi connectivity index (χ1) is 17.0. The highest BCUT2D eigenvalue weighted by Crippen LogP contribution is 2.29. The van der Waals surface area contributed by atoms with Crippen LogP contribution in [-0.2, 0) is 26.2 Å². The number of hydrogen-bond donors (Lipinski definition) is 1. The molecule has 36 heavy (non-hydrogen) atoms. The van der Waals surface area contributed by atoms with Crippen molar-refractivity contribution >= 4 is 39.1 Å². The van der Waals surface area contributed by atoms with Gasteiger partial charge in [0.1, 0.15) is 11.8 Å². The highest BCUT2D eigenvalue weighted by molar-refractivity contribution is 7.92. The van der Waals surface area contributed by atoms with Gasteiger partial charge in [0.25, 0.3) is 0 Å². The Bertz CT molecular complexity index is 1140. The zero-order chi connectivity index (χ0) is 26.9. The number of benzene rings is 2. The molecule has 0 aliphatic carbocycles. The number of carbonyl (C=O) groups is 2. The van der Waals surface area contributed by atoms with Crippen molar-refractivity contribution in [1.82, 2.24) is 10.2 Å². The highest BCUT2D eigenvalue weighted by Gasteiger charge is 2.27. The van der Waals surface area contributed by atoms with E-state index in [-0.39, 0.29) is 43.8 Å². The van der Waals surface area contributed by atoms with Crippen LogP contribution in [-0.4, -0.2) is 57.1 Å². The molecular weight excluding hydrogens is 502 g/mol. The van der Waals surface area contributed by atoms with Crippen molar-refractivity contribution in [3.8, 4) is 5.75 Å². The van der Waals surface area contributed by atoms with E-state index < -0.39 is 16.1 Å². The van der Waals surface area contributed by atoms with Gasteiger partial charge in [-0.05, 0) is 56.5 Å². The fraction of sp³-hybridized carbons (Fsp3) is 0.462. The molecule has 0 saturated heterocycles. The van der Waals surface area contributed by atoms with Crippen molar-refractivity contribution in [2.24, 2.45) is 0 Å². The van der Waals surface area contributed by atoms with Crippen LogP contribution >= 0.6 is 11.6 Å². The molecule has 0 bridgehead atoms. The summed E-state index contributed by atoms with van der Waals surface area (Å²) in [7, 11) is -2.14. The van der Waals surface area contributed by atoms with E-state index >= 15 is 0 Å². The van der Waals surface area contributed by atoms with Gasteiger partial charge in [0.15, 0.2) is 0 Å². The van der Waals surface area contributed by atoms with Crippen LogP contribution in [0.3, 0.4) is 0 Å². The Morgan fingerprint density at radius 3 is 2.42 bits per heavy atom. The summed E-state index contributed by atoms with van der Waals surface area (Å²) in [5.74, 6) is -0.0751. The SMILES string of the molecule is CC[C@@H](C)NC(=O)[C@@H](C)N(Cc1cccc(Cl)c1)C(=O)CCCN(c1ccccc1OC)S(C)(=O)=O. The summed E-state index contributed by atoms with van der Waals surface area (Å²) in [6.45, 7) is 5.86. The fourth-order valence-corrected chi connectivity index (χ4v) is 4.88. The summed E-state index contributed by atoms with van der Waals surface area (Å²) in [5.41, 5.74) is 1.21. The molecule has 10 heteroatoms. The molecular formula is C26H36ClN3O5S. The number of para-hydroxylation sites is 2. The average Bonchev–Trinajstić information content (AvgIpc) is 2.83. The largest absolute Gasteiger partial charge is 0.495 e. The van der Waals surface area contributed by atoms with Gasteiger partial charge in [-0.2, -0.15) is 0 Å². The molecule has 8 nitrogen and oxygen atoms in total. The monoisotopic (exact) mass is 537 g/mol. The van der Waals surface area contributed by atoms with E-state index in [1.54, 1.807) is 49.4 Å². The number of anilines is 1. The lowest BCUT2D eigenvalue weighted by atomic mass is 10.1. The van der Waals surface area contributed by atoms with E-state index in [0.717, 1.165) is 18.2 Å². The van der Waals surface area contributed by atoms with Crippen LogP contribution in [0.5, 0.6) is 5.75 Å². The first kappa shape index (κ1) is 29.5. The van der Waals surface area contributed by atoms with Crippen LogP contribution in [0.25, 0.3) is 0 Å². The number of rotatable bonds is 13. The molecule has 0 unspecified atom stereocenters. The number of halogens is 1. The average molecular weight is 538 g/mol. The van der Waals surface area contributed by atoms with Crippen molar-refractivity contribution < 1.29 is 22.7 Å². The fourth-order valence-electron chi connectivity index (χ4n) is 3.70. The molecule has 0 radical (unpaired) electrons. The van der Waals surface area contributed by atoms with Crippen LogP contribution in [0.15, 0.2) is 48.5 Å². The molecule has 0 heterocycles. The number of nitrogens with zero attached hydrogens (tertiary/aromatic N) is 2. The summed E-state index contributed by atoms with van der Waals surface area (Å²) >= 11 is 6.13. The number of nitrogens with one attached hydrogen (secondary N) is 1. The lowest BCUT2D eigenvalue weighted by Gasteiger charge is -2.30. The standard InChI is InChI=1S/C26H36ClN3O5S/c1-6-19(2)28-26(32)20(3)29(18-21-11-9-12-22(27)17-21)25(31)15-10-16-30(36(5,33)34)23-13-7-8-14-24(23)35-4/h7-9,11-14,17,19-20H,6,10,15-16,18H2,1-5H3,(H,28,32)/t19-,20-/m1/s1. The summed E-state index contributed by atoms with van der Waals surface area (Å²) < 4.78 is 31.6. The number of methoxy groups -OCH3 is 1. The maximum Gasteiger partial charge on any atom is 0.242 e. The van der Waals surface area contributed by atoms with Gasteiger partial charge < -0.3 is 15.0 Å². The van der Waals surface area contributed by atoms with Gasteiger partial charge in [-0.3, -0.25) is 13.9 Å². The van der Waals surface area contributed by atoms with Gasteiger partial charge in [-0.25, -0.2) is 8.42 Å². The van der Waals surface area contributed by atoms with Crippen LogP contribution in [0.2, 0.25) is 5.02 Å². The second kappa shape index (κ2) is 13.5. The lowest BCUT2D eigenvalue weighted by Crippen LogP contribution is -2.49. The van der Waals surface area contributed by atoms with E-state index in [2.05, 4.69) is 5.32 Å². The maximum absolute atomic E-state index is 13.3. The van der Waals surface area contributed by atoms with Crippen molar-refractivity contribution in [2.75, 3.05) is 24.2 Å². The van der Waals surface area contributed by atoms with E-state index in [1.807, 2.05) is 19.9 Å². The van der Waals surface area contributed by atoms with E-state index in [0.29, 0.717) is 16.5 Å². The van der Waals surface area contributed by atoms with Gasteiger partial charge >= 0.3 is 0 Å². The first-order valence-electron chi connectivity index (χ1n) is 11.9. The minimum absolute atomic E-state index is 0.0211. The predicted molar refractivity (Wildman–Crippen MR) is 144 cm³/mol. The van der Waals surface area contributed by atoms with E-state index in [4.69, 9.17) is 16.3 Å². The van der Waals surface area contributed by atoms with Gasteiger partial charge in [-0.1, -0.05) is 42.8 Å².